The molecule has 0 fully saturated rings. The lowest BCUT2D eigenvalue weighted by atomic mass is 9.90. The summed E-state index contributed by atoms with van der Waals surface area (Å²) in [4.78, 5) is 9.28. The van der Waals surface area contributed by atoms with Crippen molar-refractivity contribution in [2.75, 3.05) is 20.2 Å². The zero-order valence-electron chi connectivity index (χ0n) is 17.1. The van der Waals surface area contributed by atoms with Crippen molar-refractivity contribution in [3.8, 4) is 0 Å². The Balaban J connectivity index is 1.83. The van der Waals surface area contributed by atoms with Gasteiger partial charge in [-0.2, -0.15) is 5.10 Å². The van der Waals surface area contributed by atoms with E-state index < -0.39 is 0 Å². The van der Waals surface area contributed by atoms with Gasteiger partial charge in [-0.25, -0.2) is 9.67 Å². The highest BCUT2D eigenvalue weighted by Gasteiger charge is 2.22. The van der Waals surface area contributed by atoms with Gasteiger partial charge in [0.1, 0.15) is 12.4 Å². The molecule has 0 radical (unpaired) electrons. The van der Waals surface area contributed by atoms with Crippen molar-refractivity contribution >= 4 is 5.96 Å². The highest BCUT2D eigenvalue weighted by Crippen LogP contribution is 2.21. The fourth-order valence-electron chi connectivity index (χ4n) is 3.14. The summed E-state index contributed by atoms with van der Waals surface area (Å²) in [6, 6.07) is 0.326. The lowest BCUT2D eigenvalue weighted by molar-refractivity contribution is 0.177. The molecule has 0 spiro atoms. The van der Waals surface area contributed by atoms with Crippen molar-refractivity contribution in [1.82, 2.24) is 25.4 Å². The van der Waals surface area contributed by atoms with Crippen LogP contribution in [0.4, 0.5) is 0 Å². The second kappa shape index (κ2) is 9.90. The normalized spacial score (nSPS) is 17.9. The molecule has 7 nitrogen and oxygen atoms in total. The smallest absolute Gasteiger partial charge is 0.191 e. The largest absolute Gasteiger partial charge is 0.377 e. The maximum absolute atomic E-state index is 5.13. The minimum Gasteiger partial charge on any atom is -0.377 e. The first kappa shape index (κ1) is 20.7. The third-order valence-corrected chi connectivity index (χ3v) is 4.47. The number of aryl methyl sites for hydroxylation is 1. The Bertz CT molecular complexity index is 575. The van der Waals surface area contributed by atoms with Gasteiger partial charge in [0, 0.05) is 32.7 Å². The fraction of sp³-hybridized carbons (Fsp3) is 0.842. The second-order valence-electron chi connectivity index (χ2n) is 8.22. The van der Waals surface area contributed by atoms with Gasteiger partial charge in [-0.05, 0) is 31.6 Å². The van der Waals surface area contributed by atoms with E-state index in [9.17, 15) is 0 Å². The molecule has 0 aromatic carbocycles. The Morgan fingerprint density at radius 3 is 2.85 bits per heavy atom. The summed E-state index contributed by atoms with van der Waals surface area (Å²) in [5, 5.41) is 11.5. The molecule has 1 aromatic rings. The summed E-state index contributed by atoms with van der Waals surface area (Å²) in [5.74, 6) is 2.73. The van der Waals surface area contributed by atoms with Crippen LogP contribution in [0.1, 0.15) is 65.0 Å². The van der Waals surface area contributed by atoms with Crippen LogP contribution in [-0.4, -0.2) is 47.0 Å². The number of unbranched alkanes of at least 4 members (excludes halogenated alkanes) is 1. The molecule has 1 aliphatic heterocycles. The van der Waals surface area contributed by atoms with Crippen LogP contribution in [0.15, 0.2) is 4.99 Å². The molecule has 1 aliphatic rings. The molecule has 0 aliphatic carbocycles. The van der Waals surface area contributed by atoms with Gasteiger partial charge >= 0.3 is 0 Å². The highest BCUT2D eigenvalue weighted by atomic mass is 16.5. The topological polar surface area (TPSA) is 76.4 Å². The van der Waals surface area contributed by atoms with Gasteiger partial charge in [-0.1, -0.05) is 27.2 Å². The summed E-state index contributed by atoms with van der Waals surface area (Å²) in [7, 11) is 1.67. The minimum atomic E-state index is 0.326. The van der Waals surface area contributed by atoms with Crippen LogP contribution in [0.25, 0.3) is 0 Å². The number of hydrogen-bond acceptors (Lipinski definition) is 4. The highest BCUT2D eigenvalue weighted by molar-refractivity contribution is 5.80. The first-order chi connectivity index (χ1) is 12.4. The summed E-state index contributed by atoms with van der Waals surface area (Å²) in [6.07, 6.45) is 5.57. The molecule has 0 saturated heterocycles. The first-order valence-electron chi connectivity index (χ1n) is 9.87. The Hall–Kier alpha value is -1.63. The van der Waals surface area contributed by atoms with E-state index in [2.05, 4.69) is 48.4 Å². The summed E-state index contributed by atoms with van der Waals surface area (Å²) in [6.45, 7) is 12.0. The summed E-state index contributed by atoms with van der Waals surface area (Å²) < 4.78 is 7.13. The molecule has 26 heavy (non-hydrogen) atoms. The lowest BCUT2D eigenvalue weighted by Crippen LogP contribution is -2.47. The Labute approximate surface area is 158 Å². The summed E-state index contributed by atoms with van der Waals surface area (Å²) >= 11 is 0. The maximum Gasteiger partial charge on any atom is 0.191 e. The maximum atomic E-state index is 5.13. The van der Waals surface area contributed by atoms with Crippen molar-refractivity contribution in [2.45, 2.75) is 79.0 Å². The number of aliphatic imine (C=N–C) groups is 1. The lowest BCUT2D eigenvalue weighted by Gasteiger charge is -2.25. The third-order valence-electron chi connectivity index (χ3n) is 4.47. The van der Waals surface area contributed by atoms with Gasteiger partial charge in [0.2, 0.25) is 0 Å². The molecule has 0 bridgehead atoms. The number of methoxy groups -OCH3 is 1. The molecule has 0 amide bonds. The van der Waals surface area contributed by atoms with Crippen molar-refractivity contribution in [1.29, 1.82) is 0 Å². The SMILES string of the molecule is CCNC(=NCCCCC(C)(C)C)NC1CCc2nc(COC)nn2C1. The molecule has 2 N–H and O–H groups in total. The van der Waals surface area contributed by atoms with E-state index in [1.807, 2.05) is 4.68 Å². The molecule has 2 heterocycles. The predicted molar refractivity (Wildman–Crippen MR) is 105 cm³/mol. The number of nitrogens with one attached hydrogen (secondary N) is 2. The van der Waals surface area contributed by atoms with Gasteiger partial charge in [0.05, 0.1) is 6.54 Å². The van der Waals surface area contributed by atoms with Crippen LogP contribution >= 0.6 is 0 Å². The number of rotatable bonds is 8. The molecular formula is C19H36N6O. The van der Waals surface area contributed by atoms with Gasteiger partial charge < -0.3 is 15.4 Å². The zero-order valence-corrected chi connectivity index (χ0v) is 17.1. The number of ether oxygens (including phenoxy) is 1. The quantitative estimate of drug-likeness (QED) is 0.421. The van der Waals surface area contributed by atoms with Crippen molar-refractivity contribution in [3.63, 3.8) is 0 Å². The monoisotopic (exact) mass is 364 g/mol. The van der Waals surface area contributed by atoms with E-state index in [1.165, 1.54) is 12.8 Å². The van der Waals surface area contributed by atoms with Gasteiger partial charge in [0.15, 0.2) is 11.8 Å². The molecule has 1 atom stereocenters. The summed E-state index contributed by atoms with van der Waals surface area (Å²) in [5.41, 5.74) is 0.408. The Morgan fingerprint density at radius 1 is 1.35 bits per heavy atom. The number of fused-ring (bicyclic) bond motifs is 1. The van der Waals surface area contributed by atoms with Crippen LogP contribution in [0.5, 0.6) is 0 Å². The van der Waals surface area contributed by atoms with Crippen LogP contribution in [0.2, 0.25) is 0 Å². The number of guanidine groups is 1. The molecule has 1 unspecified atom stereocenters. The van der Waals surface area contributed by atoms with Crippen molar-refractivity contribution in [3.05, 3.63) is 11.6 Å². The number of nitrogens with zero attached hydrogens (tertiary/aromatic N) is 4. The van der Waals surface area contributed by atoms with E-state index in [0.717, 1.165) is 56.5 Å². The molecule has 148 valence electrons. The molecule has 1 aromatic heterocycles. The van der Waals surface area contributed by atoms with E-state index >= 15 is 0 Å². The predicted octanol–water partition coefficient (Wildman–Crippen LogP) is 2.51. The molecule has 0 saturated carbocycles. The standard InChI is InChI=1S/C19H36N6O/c1-6-20-18(21-12-8-7-11-19(2,3)4)22-15-9-10-17-23-16(14-26-5)24-25(17)13-15/h15H,6-14H2,1-5H3,(H2,20,21,22). The molecule has 7 heteroatoms. The molecule has 2 rings (SSSR count). The zero-order chi connectivity index (χ0) is 19.0. The Kier molecular flexibility index (Phi) is 7.87. The van der Waals surface area contributed by atoms with Gasteiger partial charge in [-0.3, -0.25) is 4.99 Å². The minimum absolute atomic E-state index is 0.326. The van der Waals surface area contributed by atoms with Gasteiger partial charge in [-0.15, -0.1) is 0 Å². The average Bonchev–Trinajstić information content (AvgIpc) is 2.95. The number of aromatic nitrogens is 3. The van der Waals surface area contributed by atoms with Gasteiger partial charge in [0.25, 0.3) is 0 Å². The number of hydrogen-bond donors (Lipinski definition) is 2. The van der Waals surface area contributed by atoms with E-state index in [4.69, 9.17) is 9.73 Å². The van der Waals surface area contributed by atoms with Crippen LogP contribution in [0, 0.1) is 5.41 Å². The van der Waals surface area contributed by atoms with Crippen molar-refractivity contribution in [2.24, 2.45) is 10.4 Å². The van der Waals surface area contributed by atoms with E-state index in [-0.39, 0.29) is 0 Å². The second-order valence-corrected chi connectivity index (χ2v) is 8.22. The van der Waals surface area contributed by atoms with Crippen LogP contribution in [0.3, 0.4) is 0 Å². The average molecular weight is 365 g/mol. The van der Waals surface area contributed by atoms with E-state index in [0.29, 0.717) is 18.1 Å². The fourth-order valence-corrected chi connectivity index (χ4v) is 3.14. The molecular weight excluding hydrogens is 328 g/mol. The van der Waals surface area contributed by atoms with Crippen molar-refractivity contribution < 1.29 is 4.74 Å². The Morgan fingerprint density at radius 2 is 2.15 bits per heavy atom. The van der Waals surface area contributed by atoms with Crippen LogP contribution < -0.4 is 10.6 Å². The third kappa shape index (κ3) is 6.94. The first-order valence-corrected chi connectivity index (χ1v) is 9.87. The van der Waals surface area contributed by atoms with E-state index in [1.54, 1.807) is 7.11 Å². The van der Waals surface area contributed by atoms with Crippen LogP contribution in [-0.2, 0) is 24.3 Å².